The fourth-order valence-corrected chi connectivity index (χ4v) is 2.80. The Morgan fingerprint density at radius 1 is 1.20 bits per heavy atom. The Kier molecular flexibility index (Phi) is 5.46. The molecule has 0 heterocycles. The molecule has 0 bridgehead atoms. The smallest absolute Gasteiger partial charge is 0.137 e. The highest BCUT2D eigenvalue weighted by molar-refractivity contribution is 9.10. The molecule has 106 valence electrons. The van der Waals surface area contributed by atoms with Crippen LogP contribution in [0.2, 0.25) is 5.02 Å². The highest BCUT2D eigenvalue weighted by Gasteiger charge is 2.09. The molecule has 0 aliphatic carbocycles. The van der Waals surface area contributed by atoms with Crippen LogP contribution in [0.5, 0.6) is 5.75 Å². The van der Waals surface area contributed by atoms with E-state index in [2.05, 4.69) is 15.9 Å². The van der Waals surface area contributed by atoms with E-state index in [1.54, 1.807) is 0 Å². The second-order valence-corrected chi connectivity index (χ2v) is 5.91. The van der Waals surface area contributed by atoms with Gasteiger partial charge in [-0.15, -0.1) is 0 Å². The molecule has 0 aliphatic rings. The molecule has 2 rings (SSSR count). The Labute approximate surface area is 133 Å². The van der Waals surface area contributed by atoms with E-state index in [0.717, 1.165) is 38.4 Å². The van der Waals surface area contributed by atoms with Crippen molar-refractivity contribution >= 4 is 27.5 Å². The number of hydrogen-bond acceptors (Lipinski definition) is 2. The third kappa shape index (κ3) is 3.75. The number of para-hydroxylation sites is 1. The molecule has 2 aromatic carbocycles. The highest BCUT2D eigenvalue weighted by atomic mass is 79.9. The van der Waals surface area contributed by atoms with Crippen LogP contribution in [0.25, 0.3) is 0 Å². The van der Waals surface area contributed by atoms with Crippen molar-refractivity contribution in [1.82, 2.24) is 0 Å². The third-order valence-electron chi connectivity index (χ3n) is 3.04. The van der Waals surface area contributed by atoms with Crippen molar-refractivity contribution in [3.63, 3.8) is 0 Å². The van der Waals surface area contributed by atoms with Crippen LogP contribution >= 0.6 is 27.5 Å². The van der Waals surface area contributed by atoms with Crippen molar-refractivity contribution in [1.29, 1.82) is 0 Å². The first-order chi connectivity index (χ1) is 9.61. The standard InChI is InChI=1S/C16H17BrClNO/c1-11-5-6-13(15(18)9-11)10-20-16-12(7-8-19)3-2-4-14(16)17/h2-6,9H,7-8,10,19H2,1H3. The molecule has 0 unspecified atom stereocenters. The van der Waals surface area contributed by atoms with Crippen molar-refractivity contribution in [2.45, 2.75) is 20.0 Å². The fraction of sp³-hybridized carbons (Fsp3) is 0.250. The lowest BCUT2D eigenvalue weighted by atomic mass is 10.1. The summed E-state index contributed by atoms with van der Waals surface area (Å²) in [6, 6.07) is 12.0. The van der Waals surface area contributed by atoms with E-state index in [1.807, 2.05) is 43.3 Å². The van der Waals surface area contributed by atoms with Crippen molar-refractivity contribution in [3.8, 4) is 5.75 Å². The van der Waals surface area contributed by atoms with Gasteiger partial charge in [0.25, 0.3) is 0 Å². The lowest BCUT2D eigenvalue weighted by molar-refractivity contribution is 0.301. The summed E-state index contributed by atoms with van der Waals surface area (Å²) in [6.07, 6.45) is 0.788. The van der Waals surface area contributed by atoms with Crippen molar-refractivity contribution < 1.29 is 4.74 Å². The van der Waals surface area contributed by atoms with E-state index >= 15 is 0 Å². The minimum absolute atomic E-state index is 0.444. The van der Waals surface area contributed by atoms with E-state index in [4.69, 9.17) is 22.1 Å². The maximum absolute atomic E-state index is 6.22. The second-order valence-electron chi connectivity index (χ2n) is 4.65. The lowest BCUT2D eigenvalue weighted by Crippen LogP contribution is -2.06. The molecule has 2 nitrogen and oxygen atoms in total. The number of halogens is 2. The topological polar surface area (TPSA) is 35.2 Å². The van der Waals surface area contributed by atoms with E-state index in [9.17, 15) is 0 Å². The average Bonchev–Trinajstić information content (AvgIpc) is 2.40. The van der Waals surface area contributed by atoms with Gasteiger partial charge in [-0.2, -0.15) is 0 Å². The summed E-state index contributed by atoms with van der Waals surface area (Å²) in [5.74, 6) is 0.842. The highest BCUT2D eigenvalue weighted by Crippen LogP contribution is 2.30. The van der Waals surface area contributed by atoms with Gasteiger partial charge in [-0.05, 0) is 59.1 Å². The molecule has 20 heavy (non-hydrogen) atoms. The number of benzene rings is 2. The molecule has 0 radical (unpaired) electrons. The number of nitrogens with two attached hydrogens (primary N) is 1. The van der Waals surface area contributed by atoms with Gasteiger partial charge in [0.2, 0.25) is 0 Å². The van der Waals surface area contributed by atoms with Gasteiger partial charge in [0.05, 0.1) is 4.47 Å². The van der Waals surface area contributed by atoms with Crippen LogP contribution in [0.4, 0.5) is 0 Å². The van der Waals surface area contributed by atoms with Gasteiger partial charge in [0, 0.05) is 10.6 Å². The quantitative estimate of drug-likeness (QED) is 0.858. The van der Waals surface area contributed by atoms with Gasteiger partial charge >= 0.3 is 0 Å². The summed E-state index contributed by atoms with van der Waals surface area (Å²) < 4.78 is 6.88. The summed E-state index contributed by atoms with van der Waals surface area (Å²) in [6.45, 7) is 3.06. The monoisotopic (exact) mass is 353 g/mol. The Morgan fingerprint density at radius 3 is 2.70 bits per heavy atom. The largest absolute Gasteiger partial charge is 0.487 e. The zero-order chi connectivity index (χ0) is 14.5. The predicted octanol–water partition coefficient (Wildman–Crippen LogP) is 4.49. The van der Waals surface area contributed by atoms with Crippen LogP contribution in [0.3, 0.4) is 0 Å². The van der Waals surface area contributed by atoms with E-state index in [-0.39, 0.29) is 0 Å². The van der Waals surface area contributed by atoms with Crippen molar-refractivity contribution in [2.75, 3.05) is 6.54 Å². The zero-order valence-corrected chi connectivity index (χ0v) is 13.7. The lowest BCUT2D eigenvalue weighted by Gasteiger charge is -2.14. The van der Waals surface area contributed by atoms with Crippen LogP contribution in [-0.4, -0.2) is 6.54 Å². The molecular weight excluding hydrogens is 338 g/mol. The SMILES string of the molecule is Cc1ccc(COc2c(Br)cccc2CCN)c(Cl)c1. The summed E-state index contributed by atoms with van der Waals surface area (Å²) in [7, 11) is 0. The molecule has 0 saturated heterocycles. The van der Waals surface area contributed by atoms with Crippen LogP contribution in [0.15, 0.2) is 40.9 Å². The molecule has 2 N–H and O–H groups in total. The Hall–Kier alpha value is -1.03. The molecule has 0 spiro atoms. The van der Waals surface area contributed by atoms with Gasteiger partial charge in [-0.25, -0.2) is 0 Å². The maximum atomic E-state index is 6.22. The van der Waals surface area contributed by atoms with Gasteiger partial charge in [0.15, 0.2) is 0 Å². The van der Waals surface area contributed by atoms with E-state index in [1.165, 1.54) is 0 Å². The van der Waals surface area contributed by atoms with Crippen LogP contribution in [-0.2, 0) is 13.0 Å². The molecule has 2 aromatic rings. The Bertz CT molecular complexity index is 601. The van der Waals surface area contributed by atoms with Crippen LogP contribution in [0.1, 0.15) is 16.7 Å². The Morgan fingerprint density at radius 2 is 2.00 bits per heavy atom. The molecule has 0 fully saturated rings. The normalized spacial score (nSPS) is 10.6. The molecule has 0 aliphatic heterocycles. The minimum atomic E-state index is 0.444. The summed E-state index contributed by atoms with van der Waals surface area (Å²) in [5, 5.41) is 0.734. The van der Waals surface area contributed by atoms with Gasteiger partial charge in [0.1, 0.15) is 12.4 Å². The minimum Gasteiger partial charge on any atom is -0.487 e. The second kappa shape index (κ2) is 7.11. The average molecular weight is 355 g/mol. The van der Waals surface area contributed by atoms with Gasteiger partial charge in [-0.1, -0.05) is 35.9 Å². The molecule has 0 saturated carbocycles. The summed E-state index contributed by atoms with van der Waals surface area (Å²) >= 11 is 9.75. The first-order valence-corrected chi connectivity index (χ1v) is 7.64. The van der Waals surface area contributed by atoms with Gasteiger partial charge < -0.3 is 10.5 Å². The summed E-state index contributed by atoms with van der Waals surface area (Å²) in [4.78, 5) is 0. The zero-order valence-electron chi connectivity index (χ0n) is 11.3. The first kappa shape index (κ1) is 15.4. The van der Waals surface area contributed by atoms with Gasteiger partial charge in [-0.3, -0.25) is 0 Å². The molecule has 0 atom stereocenters. The number of hydrogen-bond donors (Lipinski definition) is 1. The number of ether oxygens (including phenoxy) is 1. The molecular formula is C16H17BrClNO. The molecule has 0 aromatic heterocycles. The third-order valence-corrected chi connectivity index (χ3v) is 4.02. The van der Waals surface area contributed by atoms with Crippen LogP contribution < -0.4 is 10.5 Å². The number of aryl methyl sites for hydroxylation is 1. The number of rotatable bonds is 5. The molecule has 4 heteroatoms. The summed E-state index contributed by atoms with van der Waals surface area (Å²) in [5.41, 5.74) is 8.86. The first-order valence-electron chi connectivity index (χ1n) is 6.47. The van der Waals surface area contributed by atoms with E-state index < -0.39 is 0 Å². The molecule has 0 amide bonds. The predicted molar refractivity (Wildman–Crippen MR) is 87.4 cm³/mol. The van der Waals surface area contributed by atoms with Crippen molar-refractivity contribution in [2.24, 2.45) is 5.73 Å². The van der Waals surface area contributed by atoms with Crippen LogP contribution in [0, 0.1) is 6.92 Å². The van der Waals surface area contributed by atoms with Crippen molar-refractivity contribution in [3.05, 3.63) is 62.6 Å². The van der Waals surface area contributed by atoms with E-state index in [0.29, 0.717) is 13.2 Å². The fourth-order valence-electron chi connectivity index (χ4n) is 1.99. The Balaban J connectivity index is 2.18. The maximum Gasteiger partial charge on any atom is 0.137 e.